The number of ether oxygens (including phenoxy) is 2. The molecule has 0 aliphatic heterocycles. The quantitative estimate of drug-likeness (QED) is 0.867. The number of rotatable bonds is 6. The first-order valence-electron chi connectivity index (χ1n) is 6.77. The molecule has 0 radical (unpaired) electrons. The smallest absolute Gasteiger partial charge is 0.261 e. The van der Waals surface area contributed by atoms with Crippen molar-refractivity contribution < 1.29 is 14.3 Å². The Labute approximate surface area is 139 Å². The number of carbonyl (C=O) groups is 1. The molecular formula is C16H18ClNO3S. The van der Waals surface area contributed by atoms with E-state index in [0.29, 0.717) is 15.6 Å². The summed E-state index contributed by atoms with van der Waals surface area (Å²) in [6.07, 6.45) is -0.320. The van der Waals surface area contributed by atoms with Crippen LogP contribution in [0.15, 0.2) is 35.7 Å². The number of hydrogen-bond donors (Lipinski definition) is 1. The van der Waals surface area contributed by atoms with Gasteiger partial charge in [0, 0.05) is 29.1 Å². The summed E-state index contributed by atoms with van der Waals surface area (Å²) in [4.78, 5) is 12.9. The maximum Gasteiger partial charge on any atom is 0.261 e. The highest BCUT2D eigenvalue weighted by Gasteiger charge is 2.23. The van der Waals surface area contributed by atoms with E-state index < -0.39 is 0 Å². The summed E-state index contributed by atoms with van der Waals surface area (Å²) in [5.74, 6) is 0.520. The zero-order valence-electron chi connectivity index (χ0n) is 12.6. The SMILES string of the molecule is COc1csc(C(=O)N[C@H](C)[C@@H](OC)c2ccccc2Cl)c1. The number of nitrogens with one attached hydrogen (secondary N) is 1. The molecule has 1 amide bonds. The molecule has 118 valence electrons. The summed E-state index contributed by atoms with van der Waals surface area (Å²) in [6, 6.07) is 8.94. The molecule has 0 spiro atoms. The van der Waals surface area contributed by atoms with Gasteiger partial charge in [-0.25, -0.2) is 0 Å². The Bertz CT molecular complexity index is 644. The van der Waals surface area contributed by atoms with Gasteiger partial charge in [-0.2, -0.15) is 0 Å². The van der Waals surface area contributed by atoms with E-state index in [1.807, 2.05) is 31.2 Å². The molecule has 2 aromatic rings. The van der Waals surface area contributed by atoms with Crippen molar-refractivity contribution in [2.24, 2.45) is 0 Å². The second kappa shape index (κ2) is 7.63. The summed E-state index contributed by atoms with van der Waals surface area (Å²) < 4.78 is 10.6. The lowest BCUT2D eigenvalue weighted by Gasteiger charge is -2.24. The molecule has 1 N–H and O–H groups in total. The Balaban J connectivity index is 2.10. The maximum atomic E-state index is 12.3. The van der Waals surface area contributed by atoms with Crippen LogP contribution in [0.1, 0.15) is 28.3 Å². The number of halogens is 1. The third kappa shape index (κ3) is 3.80. The lowest BCUT2D eigenvalue weighted by Crippen LogP contribution is -2.37. The molecule has 6 heteroatoms. The number of carbonyl (C=O) groups excluding carboxylic acids is 1. The fraction of sp³-hybridized carbons (Fsp3) is 0.312. The van der Waals surface area contributed by atoms with Crippen LogP contribution in [0.4, 0.5) is 0 Å². The van der Waals surface area contributed by atoms with Crippen LogP contribution in [-0.4, -0.2) is 26.2 Å². The minimum atomic E-state index is -0.320. The Morgan fingerprint density at radius 3 is 2.64 bits per heavy atom. The Hall–Kier alpha value is -1.56. The molecule has 0 aliphatic rings. The van der Waals surface area contributed by atoms with Gasteiger partial charge in [0.05, 0.1) is 18.0 Å². The molecule has 0 unspecified atom stereocenters. The minimum absolute atomic E-state index is 0.157. The van der Waals surface area contributed by atoms with Crippen molar-refractivity contribution in [2.45, 2.75) is 19.1 Å². The molecular weight excluding hydrogens is 322 g/mol. The van der Waals surface area contributed by atoms with Gasteiger partial charge in [-0.15, -0.1) is 11.3 Å². The number of hydrogen-bond acceptors (Lipinski definition) is 4. The Kier molecular flexibility index (Phi) is 5.83. The van der Waals surface area contributed by atoms with Gasteiger partial charge >= 0.3 is 0 Å². The van der Waals surface area contributed by atoms with Gasteiger partial charge in [-0.3, -0.25) is 4.79 Å². The van der Waals surface area contributed by atoms with Crippen molar-refractivity contribution >= 4 is 28.8 Å². The monoisotopic (exact) mass is 339 g/mol. The second-order valence-corrected chi connectivity index (χ2v) is 6.11. The van der Waals surface area contributed by atoms with Crippen molar-refractivity contribution in [2.75, 3.05) is 14.2 Å². The van der Waals surface area contributed by atoms with Gasteiger partial charge in [0.2, 0.25) is 0 Å². The zero-order chi connectivity index (χ0) is 16.1. The third-order valence-corrected chi connectivity index (χ3v) is 4.57. The Morgan fingerprint density at radius 2 is 2.05 bits per heavy atom. The summed E-state index contributed by atoms with van der Waals surface area (Å²) in [6.45, 7) is 1.89. The van der Waals surface area contributed by atoms with Crippen LogP contribution in [0.5, 0.6) is 5.75 Å². The fourth-order valence-corrected chi connectivity index (χ4v) is 3.21. The first kappa shape index (κ1) is 16.8. The Morgan fingerprint density at radius 1 is 1.32 bits per heavy atom. The first-order valence-corrected chi connectivity index (χ1v) is 8.03. The topological polar surface area (TPSA) is 47.6 Å². The summed E-state index contributed by atoms with van der Waals surface area (Å²) in [5.41, 5.74) is 0.850. The van der Waals surface area contributed by atoms with Crippen molar-refractivity contribution in [3.63, 3.8) is 0 Å². The molecule has 22 heavy (non-hydrogen) atoms. The van der Waals surface area contributed by atoms with E-state index in [4.69, 9.17) is 21.1 Å². The van der Waals surface area contributed by atoms with E-state index >= 15 is 0 Å². The van der Waals surface area contributed by atoms with Crippen LogP contribution in [0.25, 0.3) is 0 Å². The highest BCUT2D eigenvalue weighted by Crippen LogP contribution is 2.28. The van der Waals surface area contributed by atoms with Gasteiger partial charge < -0.3 is 14.8 Å². The maximum absolute atomic E-state index is 12.3. The zero-order valence-corrected chi connectivity index (χ0v) is 14.2. The van der Waals surface area contributed by atoms with Gasteiger partial charge in [0.15, 0.2) is 0 Å². The van der Waals surface area contributed by atoms with Gasteiger partial charge in [0.1, 0.15) is 11.9 Å². The van der Waals surface area contributed by atoms with E-state index in [-0.39, 0.29) is 18.1 Å². The fourth-order valence-electron chi connectivity index (χ4n) is 2.20. The van der Waals surface area contributed by atoms with Crippen LogP contribution in [-0.2, 0) is 4.74 Å². The molecule has 1 aromatic heterocycles. The van der Waals surface area contributed by atoms with Crippen LogP contribution < -0.4 is 10.1 Å². The molecule has 2 rings (SSSR count). The van der Waals surface area contributed by atoms with Crippen LogP contribution in [0, 0.1) is 0 Å². The molecule has 2 atom stereocenters. The average Bonchev–Trinajstić information content (AvgIpc) is 2.99. The number of benzene rings is 1. The van der Waals surface area contributed by atoms with Crippen LogP contribution in [0.3, 0.4) is 0 Å². The second-order valence-electron chi connectivity index (χ2n) is 4.79. The third-order valence-electron chi connectivity index (χ3n) is 3.31. The van der Waals surface area contributed by atoms with E-state index in [2.05, 4.69) is 5.32 Å². The molecule has 0 fully saturated rings. The van der Waals surface area contributed by atoms with Gasteiger partial charge in [-0.1, -0.05) is 29.8 Å². The molecule has 1 aromatic carbocycles. The first-order chi connectivity index (χ1) is 10.6. The van der Waals surface area contributed by atoms with Crippen molar-refractivity contribution in [1.29, 1.82) is 0 Å². The van der Waals surface area contributed by atoms with E-state index in [0.717, 1.165) is 5.56 Å². The van der Waals surface area contributed by atoms with E-state index in [1.54, 1.807) is 25.7 Å². The predicted molar refractivity (Wildman–Crippen MR) is 89.0 cm³/mol. The van der Waals surface area contributed by atoms with Gasteiger partial charge in [-0.05, 0) is 13.0 Å². The average molecular weight is 340 g/mol. The molecule has 0 bridgehead atoms. The van der Waals surface area contributed by atoms with Crippen molar-refractivity contribution in [3.05, 3.63) is 51.2 Å². The standard InChI is InChI=1S/C16H18ClNO3S/c1-10(15(21-3)12-6-4-5-7-13(12)17)18-16(19)14-8-11(20-2)9-22-14/h4-10,15H,1-3H3,(H,18,19)/t10-,15-/m1/s1. The summed E-state index contributed by atoms with van der Waals surface area (Å²) in [7, 11) is 3.18. The molecule has 1 heterocycles. The predicted octanol–water partition coefficient (Wildman–Crippen LogP) is 3.92. The normalized spacial score (nSPS) is 13.5. The van der Waals surface area contributed by atoms with Crippen molar-refractivity contribution in [3.8, 4) is 5.75 Å². The highest BCUT2D eigenvalue weighted by molar-refractivity contribution is 7.12. The summed E-state index contributed by atoms with van der Waals surface area (Å²) >= 11 is 7.55. The number of thiophene rings is 1. The van der Waals surface area contributed by atoms with Gasteiger partial charge in [0.25, 0.3) is 5.91 Å². The largest absolute Gasteiger partial charge is 0.496 e. The molecule has 0 saturated carbocycles. The van der Waals surface area contributed by atoms with E-state index in [1.165, 1.54) is 11.3 Å². The van der Waals surface area contributed by atoms with Crippen LogP contribution in [0.2, 0.25) is 5.02 Å². The van der Waals surface area contributed by atoms with E-state index in [9.17, 15) is 4.79 Å². The highest BCUT2D eigenvalue weighted by atomic mass is 35.5. The molecule has 4 nitrogen and oxygen atoms in total. The van der Waals surface area contributed by atoms with Crippen LogP contribution >= 0.6 is 22.9 Å². The number of methoxy groups -OCH3 is 2. The lowest BCUT2D eigenvalue weighted by molar-refractivity contribution is 0.0647. The summed E-state index contributed by atoms with van der Waals surface area (Å²) in [5, 5.41) is 5.35. The molecule has 0 saturated heterocycles. The minimum Gasteiger partial charge on any atom is -0.496 e. The number of amides is 1. The molecule has 0 aliphatic carbocycles. The lowest BCUT2D eigenvalue weighted by atomic mass is 10.0. The van der Waals surface area contributed by atoms with Crippen molar-refractivity contribution in [1.82, 2.24) is 5.32 Å².